The highest BCUT2D eigenvalue weighted by Crippen LogP contribution is 2.24. The number of carboxylic acid groups (broad SMARTS) is 1. The number of hydrogen-bond donors (Lipinski definition) is 2. The Labute approximate surface area is 150 Å². The predicted octanol–water partition coefficient (Wildman–Crippen LogP) is 2.94. The van der Waals surface area contributed by atoms with Crippen molar-refractivity contribution in [3.63, 3.8) is 0 Å². The van der Waals surface area contributed by atoms with Gasteiger partial charge in [0.15, 0.2) is 0 Å². The Kier molecular flexibility index (Phi) is 6.65. The Bertz CT molecular complexity index is 763. The number of rotatable bonds is 8. The standard InChI is InChI=1S/C18H18ClNO5/c1-24-14-5-6-16(15(10-14)18(22)23)25-8-7-20-17(21)13-4-2-3-12(9-13)11-19/h2-6,9-10H,7-8,11H2,1H3,(H,20,21)(H,22,23). The largest absolute Gasteiger partial charge is 0.497 e. The number of carbonyl (C=O) groups is 2. The highest BCUT2D eigenvalue weighted by Gasteiger charge is 2.13. The lowest BCUT2D eigenvalue weighted by Crippen LogP contribution is -2.28. The molecule has 0 saturated heterocycles. The molecule has 0 heterocycles. The summed E-state index contributed by atoms with van der Waals surface area (Å²) in [6.45, 7) is 0.364. The molecule has 0 aliphatic rings. The zero-order valence-corrected chi connectivity index (χ0v) is 14.4. The van der Waals surface area contributed by atoms with E-state index in [2.05, 4.69) is 5.32 Å². The Morgan fingerprint density at radius 3 is 2.68 bits per heavy atom. The summed E-state index contributed by atoms with van der Waals surface area (Å²) in [6.07, 6.45) is 0. The molecule has 0 unspecified atom stereocenters. The number of carbonyl (C=O) groups excluding carboxylic acids is 1. The Morgan fingerprint density at radius 2 is 2.00 bits per heavy atom. The van der Waals surface area contributed by atoms with E-state index in [1.165, 1.54) is 19.2 Å². The number of ether oxygens (including phenoxy) is 2. The quantitative estimate of drug-likeness (QED) is 0.556. The first-order chi connectivity index (χ1) is 12.0. The maximum atomic E-state index is 12.1. The molecule has 0 atom stereocenters. The molecule has 6 nitrogen and oxygen atoms in total. The normalized spacial score (nSPS) is 10.2. The first kappa shape index (κ1) is 18.6. The van der Waals surface area contributed by atoms with Gasteiger partial charge in [-0.1, -0.05) is 12.1 Å². The fourth-order valence-corrected chi connectivity index (χ4v) is 2.32. The van der Waals surface area contributed by atoms with E-state index in [1.807, 2.05) is 6.07 Å². The fraction of sp³-hybridized carbons (Fsp3) is 0.222. The van der Waals surface area contributed by atoms with Crippen LogP contribution in [0.25, 0.3) is 0 Å². The predicted molar refractivity (Wildman–Crippen MR) is 93.8 cm³/mol. The van der Waals surface area contributed by atoms with Crippen molar-refractivity contribution >= 4 is 23.5 Å². The molecule has 7 heteroatoms. The van der Waals surface area contributed by atoms with Crippen LogP contribution in [-0.4, -0.2) is 37.2 Å². The van der Waals surface area contributed by atoms with Crippen molar-refractivity contribution in [3.8, 4) is 11.5 Å². The van der Waals surface area contributed by atoms with Crippen LogP contribution in [0.15, 0.2) is 42.5 Å². The van der Waals surface area contributed by atoms with Gasteiger partial charge >= 0.3 is 5.97 Å². The maximum Gasteiger partial charge on any atom is 0.339 e. The molecule has 25 heavy (non-hydrogen) atoms. The zero-order chi connectivity index (χ0) is 18.2. The molecule has 0 fully saturated rings. The monoisotopic (exact) mass is 363 g/mol. The van der Waals surface area contributed by atoms with Crippen LogP contribution in [0, 0.1) is 0 Å². The van der Waals surface area contributed by atoms with Crippen molar-refractivity contribution in [1.82, 2.24) is 5.32 Å². The van der Waals surface area contributed by atoms with Crippen LogP contribution in [0.3, 0.4) is 0 Å². The van der Waals surface area contributed by atoms with Crippen molar-refractivity contribution in [2.45, 2.75) is 5.88 Å². The van der Waals surface area contributed by atoms with Crippen LogP contribution >= 0.6 is 11.6 Å². The molecule has 2 aromatic rings. The van der Waals surface area contributed by atoms with Gasteiger partial charge in [-0.15, -0.1) is 11.6 Å². The van der Waals surface area contributed by atoms with Crippen molar-refractivity contribution in [3.05, 3.63) is 59.2 Å². The number of nitrogens with one attached hydrogen (secondary N) is 1. The van der Waals surface area contributed by atoms with E-state index >= 15 is 0 Å². The molecule has 0 aliphatic carbocycles. The molecule has 132 valence electrons. The zero-order valence-electron chi connectivity index (χ0n) is 13.6. The molecule has 2 N–H and O–H groups in total. The minimum atomic E-state index is -1.11. The highest BCUT2D eigenvalue weighted by molar-refractivity contribution is 6.17. The van der Waals surface area contributed by atoms with E-state index in [0.717, 1.165) is 5.56 Å². The summed E-state index contributed by atoms with van der Waals surface area (Å²) in [6, 6.07) is 11.5. The second-order valence-corrected chi connectivity index (χ2v) is 5.37. The third kappa shape index (κ3) is 5.12. The van der Waals surface area contributed by atoms with Gasteiger partial charge in [-0.05, 0) is 35.9 Å². The van der Waals surface area contributed by atoms with Crippen molar-refractivity contribution < 1.29 is 24.2 Å². The summed E-state index contributed by atoms with van der Waals surface area (Å²) in [5, 5.41) is 11.9. The molecule has 2 aromatic carbocycles. The molecule has 0 radical (unpaired) electrons. The maximum absolute atomic E-state index is 12.1. The Hall–Kier alpha value is -2.73. The van der Waals surface area contributed by atoms with E-state index in [1.54, 1.807) is 24.3 Å². The SMILES string of the molecule is COc1ccc(OCCNC(=O)c2cccc(CCl)c2)c(C(=O)O)c1. The van der Waals surface area contributed by atoms with Gasteiger partial charge in [0.2, 0.25) is 0 Å². The lowest BCUT2D eigenvalue weighted by Gasteiger charge is -2.11. The molecular weight excluding hydrogens is 346 g/mol. The Balaban J connectivity index is 1.90. The van der Waals surface area contributed by atoms with Crippen LogP contribution in [0.2, 0.25) is 0 Å². The van der Waals surface area contributed by atoms with Gasteiger partial charge in [0.05, 0.1) is 13.7 Å². The first-order valence-electron chi connectivity index (χ1n) is 7.52. The smallest absolute Gasteiger partial charge is 0.339 e. The van der Waals surface area contributed by atoms with Crippen molar-refractivity contribution in [1.29, 1.82) is 0 Å². The van der Waals surface area contributed by atoms with E-state index in [4.69, 9.17) is 21.1 Å². The van der Waals surface area contributed by atoms with Crippen molar-refractivity contribution in [2.75, 3.05) is 20.3 Å². The number of hydrogen-bond acceptors (Lipinski definition) is 4. The number of aromatic carboxylic acids is 1. The molecule has 0 bridgehead atoms. The second kappa shape index (κ2) is 8.94. The number of benzene rings is 2. The van der Waals surface area contributed by atoms with Crippen LogP contribution < -0.4 is 14.8 Å². The van der Waals surface area contributed by atoms with Crippen molar-refractivity contribution in [2.24, 2.45) is 0 Å². The van der Waals surface area contributed by atoms with E-state index in [-0.39, 0.29) is 30.4 Å². The summed E-state index contributed by atoms with van der Waals surface area (Å²) in [7, 11) is 1.45. The highest BCUT2D eigenvalue weighted by atomic mass is 35.5. The molecular formula is C18H18ClNO5. The van der Waals surface area contributed by atoms with Crippen LogP contribution in [0.1, 0.15) is 26.3 Å². The third-order valence-electron chi connectivity index (χ3n) is 3.41. The molecule has 0 spiro atoms. The van der Waals surface area contributed by atoms with Crippen LogP contribution in [0.4, 0.5) is 0 Å². The van der Waals surface area contributed by atoms with Gasteiger partial charge in [-0.2, -0.15) is 0 Å². The average Bonchev–Trinajstić information content (AvgIpc) is 2.64. The summed E-state index contributed by atoms with van der Waals surface area (Å²) in [5.41, 5.74) is 1.37. The lowest BCUT2D eigenvalue weighted by molar-refractivity contribution is 0.0691. The summed E-state index contributed by atoms with van der Waals surface area (Å²) < 4.78 is 10.5. The van der Waals surface area contributed by atoms with Crippen LogP contribution in [0.5, 0.6) is 11.5 Å². The topological polar surface area (TPSA) is 84.9 Å². The number of amides is 1. The summed E-state index contributed by atoms with van der Waals surface area (Å²) in [4.78, 5) is 23.3. The molecule has 0 aliphatic heterocycles. The number of halogens is 1. The van der Waals surface area contributed by atoms with Gasteiger partial charge in [-0.3, -0.25) is 4.79 Å². The van der Waals surface area contributed by atoms with E-state index in [9.17, 15) is 14.7 Å². The fourth-order valence-electron chi connectivity index (χ4n) is 2.15. The van der Waals surface area contributed by atoms with Gasteiger partial charge in [0.1, 0.15) is 23.7 Å². The van der Waals surface area contributed by atoms with Gasteiger partial charge in [0, 0.05) is 11.4 Å². The van der Waals surface area contributed by atoms with Crippen LogP contribution in [-0.2, 0) is 5.88 Å². The lowest BCUT2D eigenvalue weighted by atomic mass is 10.1. The molecule has 0 aromatic heterocycles. The molecule has 1 amide bonds. The molecule has 2 rings (SSSR count). The first-order valence-corrected chi connectivity index (χ1v) is 8.06. The summed E-state index contributed by atoms with van der Waals surface area (Å²) >= 11 is 5.75. The van der Waals surface area contributed by atoms with Gasteiger partial charge < -0.3 is 19.9 Å². The average molecular weight is 364 g/mol. The van der Waals surface area contributed by atoms with Gasteiger partial charge in [-0.25, -0.2) is 4.79 Å². The third-order valence-corrected chi connectivity index (χ3v) is 3.71. The molecule has 0 saturated carbocycles. The Morgan fingerprint density at radius 1 is 1.20 bits per heavy atom. The van der Waals surface area contributed by atoms with Gasteiger partial charge in [0.25, 0.3) is 5.91 Å². The van der Waals surface area contributed by atoms with E-state index < -0.39 is 5.97 Å². The minimum absolute atomic E-state index is 0.000454. The second-order valence-electron chi connectivity index (χ2n) is 5.11. The summed E-state index contributed by atoms with van der Waals surface area (Å²) in [5.74, 6) is -0.386. The number of carboxylic acids is 1. The number of alkyl halides is 1. The number of methoxy groups -OCH3 is 1. The minimum Gasteiger partial charge on any atom is -0.497 e. The van der Waals surface area contributed by atoms with E-state index in [0.29, 0.717) is 17.2 Å².